The third kappa shape index (κ3) is 3.41. The lowest BCUT2D eigenvalue weighted by Crippen LogP contribution is -2.19. The molecule has 23 heavy (non-hydrogen) atoms. The molecule has 3 rings (SSSR count). The summed E-state index contributed by atoms with van der Waals surface area (Å²) in [5, 5.41) is 16.0. The van der Waals surface area contributed by atoms with Crippen molar-refractivity contribution in [3.8, 4) is 6.07 Å². The molecule has 0 saturated carbocycles. The monoisotopic (exact) mass is 319 g/mol. The highest BCUT2D eigenvalue weighted by Crippen LogP contribution is 2.23. The van der Waals surface area contributed by atoms with Crippen molar-refractivity contribution in [2.24, 2.45) is 0 Å². The topological polar surface area (TPSA) is 47.8 Å². The van der Waals surface area contributed by atoms with Gasteiger partial charge in [-0.15, -0.1) is 0 Å². The molecule has 0 atom stereocenters. The molecular weight excluding hydrogens is 302 g/mol. The maximum Gasteiger partial charge on any atom is 0.175 e. The van der Waals surface area contributed by atoms with E-state index in [1.54, 1.807) is 0 Å². The van der Waals surface area contributed by atoms with Gasteiger partial charge in [0.1, 0.15) is 0 Å². The van der Waals surface area contributed by atoms with Crippen LogP contribution >= 0.6 is 12.2 Å². The van der Waals surface area contributed by atoms with Crippen molar-refractivity contribution in [1.29, 1.82) is 5.26 Å². The number of aryl methyl sites for hydroxylation is 1. The van der Waals surface area contributed by atoms with Crippen LogP contribution in [-0.4, -0.2) is 5.11 Å². The lowest BCUT2D eigenvalue weighted by Gasteiger charge is -2.13. The van der Waals surface area contributed by atoms with Crippen molar-refractivity contribution in [1.82, 2.24) is 0 Å². The summed E-state index contributed by atoms with van der Waals surface area (Å²) in [6.45, 7) is 2.04. The van der Waals surface area contributed by atoms with Gasteiger partial charge in [-0.05, 0) is 72.1 Å². The number of anilines is 2. The van der Waals surface area contributed by atoms with E-state index in [1.807, 2.05) is 31.2 Å². The Morgan fingerprint density at radius 2 is 1.91 bits per heavy atom. The van der Waals surface area contributed by atoms with E-state index in [-0.39, 0.29) is 0 Å². The van der Waals surface area contributed by atoms with E-state index in [1.165, 1.54) is 11.1 Å². The number of benzene rings is 2. The van der Waals surface area contributed by atoms with Crippen LogP contribution in [0, 0.1) is 11.3 Å². The van der Waals surface area contributed by atoms with Gasteiger partial charge in [-0.2, -0.15) is 5.26 Å². The molecule has 0 heterocycles. The Balaban J connectivity index is 1.70. The van der Waals surface area contributed by atoms with Gasteiger partial charge in [-0.1, -0.05) is 25.1 Å². The van der Waals surface area contributed by atoms with Crippen molar-refractivity contribution in [3.05, 3.63) is 64.7 Å². The smallest absolute Gasteiger partial charge is 0.175 e. The maximum absolute atomic E-state index is 9.08. The van der Waals surface area contributed by atoms with Crippen LogP contribution in [0.25, 0.3) is 6.08 Å². The highest BCUT2D eigenvalue weighted by atomic mass is 32.1. The van der Waals surface area contributed by atoms with Gasteiger partial charge in [0.05, 0.1) is 11.6 Å². The molecule has 1 aliphatic carbocycles. The molecule has 0 bridgehead atoms. The quantitative estimate of drug-likeness (QED) is 0.818. The van der Waals surface area contributed by atoms with Crippen LogP contribution in [0.2, 0.25) is 0 Å². The Bertz CT molecular complexity index is 831. The average Bonchev–Trinajstić information content (AvgIpc) is 3.02. The standard InChI is InChI=1S/C19H17N3S/c1-2-13-10-17(9-7-16(13)12-20)21-19(23)22-18-8-6-14-4-3-5-15(14)11-18/h3,5-11H,2,4H2,1H3,(H2,21,22,23). The molecule has 0 radical (unpaired) electrons. The summed E-state index contributed by atoms with van der Waals surface area (Å²) in [5.41, 5.74) is 6.17. The number of hydrogen-bond donors (Lipinski definition) is 2. The minimum Gasteiger partial charge on any atom is -0.332 e. The number of allylic oxidation sites excluding steroid dienone is 1. The van der Waals surface area contributed by atoms with Crippen molar-refractivity contribution < 1.29 is 0 Å². The largest absolute Gasteiger partial charge is 0.332 e. The van der Waals surface area contributed by atoms with Crippen LogP contribution in [0.4, 0.5) is 11.4 Å². The van der Waals surface area contributed by atoms with Gasteiger partial charge in [0.25, 0.3) is 0 Å². The van der Waals surface area contributed by atoms with Crippen molar-refractivity contribution in [3.63, 3.8) is 0 Å². The summed E-state index contributed by atoms with van der Waals surface area (Å²) in [5.74, 6) is 0. The second kappa shape index (κ2) is 6.64. The Kier molecular flexibility index (Phi) is 4.40. The van der Waals surface area contributed by atoms with Gasteiger partial charge in [0.15, 0.2) is 5.11 Å². The van der Waals surface area contributed by atoms with E-state index in [4.69, 9.17) is 17.5 Å². The molecule has 0 aromatic heterocycles. The molecule has 4 heteroatoms. The summed E-state index contributed by atoms with van der Waals surface area (Å²) >= 11 is 5.38. The van der Waals surface area contributed by atoms with Gasteiger partial charge < -0.3 is 10.6 Å². The number of thiocarbonyl (C=S) groups is 1. The molecule has 0 aliphatic heterocycles. The first kappa shape index (κ1) is 15.3. The second-order valence-electron chi connectivity index (χ2n) is 5.44. The molecule has 2 aromatic rings. The molecule has 0 fully saturated rings. The Labute approximate surface area is 141 Å². The lowest BCUT2D eigenvalue weighted by atomic mass is 10.1. The fourth-order valence-corrected chi connectivity index (χ4v) is 2.93. The van der Waals surface area contributed by atoms with Crippen LogP contribution in [0.1, 0.15) is 29.2 Å². The van der Waals surface area contributed by atoms with Gasteiger partial charge in [-0.3, -0.25) is 0 Å². The summed E-state index contributed by atoms with van der Waals surface area (Å²) in [6.07, 6.45) is 6.11. The van der Waals surface area contributed by atoms with Gasteiger partial charge >= 0.3 is 0 Å². The number of rotatable bonds is 3. The summed E-state index contributed by atoms with van der Waals surface area (Å²) in [7, 11) is 0. The molecule has 0 saturated heterocycles. The third-order valence-corrected chi connectivity index (χ3v) is 4.11. The summed E-state index contributed by atoms with van der Waals surface area (Å²) in [6, 6.07) is 14.1. The molecule has 114 valence electrons. The third-order valence-electron chi connectivity index (χ3n) is 3.90. The predicted octanol–water partition coefficient (Wildman–Crippen LogP) is 4.50. The zero-order chi connectivity index (χ0) is 16.2. The number of nitrogens with zero attached hydrogens (tertiary/aromatic N) is 1. The minimum absolute atomic E-state index is 0.540. The highest BCUT2D eigenvalue weighted by Gasteiger charge is 2.07. The molecule has 2 N–H and O–H groups in total. The van der Waals surface area contributed by atoms with Crippen LogP contribution in [0.15, 0.2) is 42.5 Å². The zero-order valence-corrected chi connectivity index (χ0v) is 13.7. The lowest BCUT2D eigenvalue weighted by molar-refractivity contribution is 1.13. The Morgan fingerprint density at radius 1 is 1.17 bits per heavy atom. The van der Waals surface area contributed by atoms with E-state index in [2.05, 4.69) is 41.0 Å². The van der Waals surface area contributed by atoms with Gasteiger partial charge in [-0.25, -0.2) is 0 Å². The zero-order valence-electron chi connectivity index (χ0n) is 12.9. The SMILES string of the molecule is CCc1cc(NC(=S)Nc2ccc3c(c2)C=CC3)ccc1C#N. The van der Waals surface area contributed by atoms with Crippen molar-refractivity contribution in [2.45, 2.75) is 19.8 Å². The van der Waals surface area contributed by atoms with Crippen LogP contribution in [0.5, 0.6) is 0 Å². The highest BCUT2D eigenvalue weighted by molar-refractivity contribution is 7.80. The fraction of sp³-hybridized carbons (Fsp3) is 0.158. The number of fused-ring (bicyclic) bond motifs is 1. The van der Waals surface area contributed by atoms with E-state index in [9.17, 15) is 0 Å². The number of hydrogen-bond acceptors (Lipinski definition) is 2. The average molecular weight is 319 g/mol. The van der Waals surface area contributed by atoms with Gasteiger partial charge in [0, 0.05) is 11.4 Å². The summed E-state index contributed by atoms with van der Waals surface area (Å²) < 4.78 is 0. The van der Waals surface area contributed by atoms with Crippen molar-refractivity contribution in [2.75, 3.05) is 10.6 Å². The van der Waals surface area contributed by atoms with Crippen molar-refractivity contribution >= 4 is 34.8 Å². The van der Waals surface area contributed by atoms with Crippen LogP contribution in [0.3, 0.4) is 0 Å². The molecule has 2 aromatic carbocycles. The Hall–Kier alpha value is -2.64. The number of nitrogens with one attached hydrogen (secondary N) is 2. The summed E-state index contributed by atoms with van der Waals surface area (Å²) in [4.78, 5) is 0. The van der Waals surface area contributed by atoms with Gasteiger partial charge in [0.2, 0.25) is 0 Å². The first-order valence-corrected chi connectivity index (χ1v) is 8.01. The maximum atomic E-state index is 9.08. The van der Waals surface area contributed by atoms with E-state index >= 15 is 0 Å². The normalized spacial score (nSPS) is 11.7. The molecule has 1 aliphatic rings. The molecular formula is C19H17N3S. The molecule has 0 spiro atoms. The first-order valence-electron chi connectivity index (χ1n) is 7.60. The van der Waals surface area contributed by atoms with E-state index in [0.29, 0.717) is 10.7 Å². The van der Waals surface area contributed by atoms with E-state index in [0.717, 1.165) is 29.8 Å². The molecule has 0 amide bonds. The Morgan fingerprint density at radius 3 is 2.65 bits per heavy atom. The molecule has 0 unspecified atom stereocenters. The van der Waals surface area contributed by atoms with E-state index < -0.39 is 0 Å². The van der Waals surface area contributed by atoms with Crippen LogP contribution in [-0.2, 0) is 12.8 Å². The first-order chi connectivity index (χ1) is 11.2. The van der Waals surface area contributed by atoms with Crippen LogP contribution < -0.4 is 10.6 Å². The predicted molar refractivity (Wildman–Crippen MR) is 99.6 cm³/mol. The number of nitriles is 1. The fourth-order valence-electron chi connectivity index (χ4n) is 2.69. The molecule has 3 nitrogen and oxygen atoms in total. The second-order valence-corrected chi connectivity index (χ2v) is 5.84. The minimum atomic E-state index is 0.540.